The lowest BCUT2D eigenvalue weighted by Gasteiger charge is -2.03. The molecule has 1 aliphatic carbocycles. The zero-order chi connectivity index (χ0) is 11.4. The van der Waals surface area contributed by atoms with Crippen molar-refractivity contribution in [3.63, 3.8) is 0 Å². The Hall–Kier alpha value is -1.79. The molecule has 82 valence electrons. The monoisotopic (exact) mass is 215 g/mol. The van der Waals surface area contributed by atoms with E-state index in [2.05, 4.69) is 17.2 Å². The van der Waals surface area contributed by atoms with Gasteiger partial charge in [0.05, 0.1) is 0 Å². The number of hydrogen-bond donors (Lipinski definition) is 2. The van der Waals surface area contributed by atoms with Crippen LogP contribution < -0.4 is 5.32 Å². The standard InChI is InChI=1S/C13H13NO2/c15-8-2-4-10-3-1-5-11(9-10)13(16)14-12-6-7-12/h1,3,5,9,12,15H,6-8H2,(H,14,16). The third-order valence-electron chi connectivity index (χ3n) is 2.35. The van der Waals surface area contributed by atoms with Gasteiger partial charge in [0.25, 0.3) is 5.91 Å². The summed E-state index contributed by atoms with van der Waals surface area (Å²) in [5, 5.41) is 11.5. The average molecular weight is 215 g/mol. The van der Waals surface area contributed by atoms with Gasteiger partial charge in [-0.2, -0.15) is 0 Å². The molecule has 1 aromatic carbocycles. The van der Waals surface area contributed by atoms with Crippen molar-refractivity contribution in [3.05, 3.63) is 35.4 Å². The smallest absolute Gasteiger partial charge is 0.251 e. The van der Waals surface area contributed by atoms with E-state index in [1.807, 2.05) is 6.07 Å². The van der Waals surface area contributed by atoms with Crippen molar-refractivity contribution in [1.82, 2.24) is 5.32 Å². The highest BCUT2D eigenvalue weighted by Gasteiger charge is 2.23. The molecule has 0 spiro atoms. The van der Waals surface area contributed by atoms with Crippen LogP contribution >= 0.6 is 0 Å². The number of hydrogen-bond acceptors (Lipinski definition) is 2. The molecule has 0 aliphatic heterocycles. The van der Waals surface area contributed by atoms with E-state index in [-0.39, 0.29) is 12.5 Å². The van der Waals surface area contributed by atoms with Gasteiger partial charge in [0.2, 0.25) is 0 Å². The van der Waals surface area contributed by atoms with Crippen molar-refractivity contribution in [2.45, 2.75) is 18.9 Å². The normalized spacial score (nSPS) is 13.8. The third kappa shape index (κ3) is 2.85. The van der Waals surface area contributed by atoms with Crippen molar-refractivity contribution >= 4 is 5.91 Å². The number of amides is 1. The second-order valence-corrected chi connectivity index (χ2v) is 3.79. The van der Waals surface area contributed by atoms with Crippen molar-refractivity contribution in [3.8, 4) is 11.8 Å². The lowest BCUT2D eigenvalue weighted by atomic mass is 10.1. The van der Waals surface area contributed by atoms with Crippen LogP contribution in [0.15, 0.2) is 24.3 Å². The van der Waals surface area contributed by atoms with Crippen molar-refractivity contribution < 1.29 is 9.90 Å². The number of carbonyl (C=O) groups is 1. The van der Waals surface area contributed by atoms with Crippen molar-refractivity contribution in [1.29, 1.82) is 0 Å². The Morgan fingerprint density at radius 2 is 2.31 bits per heavy atom. The predicted octanol–water partition coefficient (Wildman–Crippen LogP) is 0.923. The molecule has 0 saturated heterocycles. The number of carbonyl (C=O) groups excluding carboxylic acids is 1. The molecule has 1 amide bonds. The predicted molar refractivity (Wildman–Crippen MR) is 60.9 cm³/mol. The minimum atomic E-state index is -0.168. The molecular formula is C13H13NO2. The molecule has 2 rings (SSSR count). The van der Waals surface area contributed by atoms with Gasteiger partial charge in [-0.15, -0.1) is 0 Å². The Kier molecular flexibility index (Phi) is 3.23. The Balaban J connectivity index is 2.10. The maximum atomic E-state index is 11.7. The maximum absolute atomic E-state index is 11.7. The Bertz CT molecular complexity index is 452. The topological polar surface area (TPSA) is 49.3 Å². The van der Waals surface area contributed by atoms with Crippen molar-refractivity contribution in [2.24, 2.45) is 0 Å². The van der Waals surface area contributed by atoms with E-state index in [4.69, 9.17) is 5.11 Å². The van der Waals surface area contributed by atoms with Crippen LogP contribution in [0.5, 0.6) is 0 Å². The van der Waals surface area contributed by atoms with Crippen LogP contribution in [0.4, 0.5) is 0 Å². The second-order valence-electron chi connectivity index (χ2n) is 3.79. The first-order valence-electron chi connectivity index (χ1n) is 5.30. The summed E-state index contributed by atoms with van der Waals surface area (Å²) in [5.74, 6) is 5.29. The number of nitrogens with one attached hydrogen (secondary N) is 1. The van der Waals surface area contributed by atoms with E-state index in [0.29, 0.717) is 11.6 Å². The van der Waals surface area contributed by atoms with Gasteiger partial charge >= 0.3 is 0 Å². The fourth-order valence-corrected chi connectivity index (χ4v) is 1.38. The van der Waals surface area contributed by atoms with Gasteiger partial charge in [0, 0.05) is 17.2 Å². The summed E-state index contributed by atoms with van der Waals surface area (Å²) >= 11 is 0. The number of aliphatic hydroxyl groups is 1. The van der Waals surface area contributed by atoms with Crippen LogP contribution in [0.1, 0.15) is 28.8 Å². The second kappa shape index (κ2) is 4.82. The Morgan fingerprint density at radius 1 is 1.50 bits per heavy atom. The largest absolute Gasteiger partial charge is 0.384 e. The van der Waals surface area contributed by atoms with Crippen molar-refractivity contribution in [2.75, 3.05) is 6.61 Å². The molecule has 3 heteroatoms. The fourth-order valence-electron chi connectivity index (χ4n) is 1.38. The van der Waals surface area contributed by atoms with E-state index < -0.39 is 0 Å². The zero-order valence-corrected chi connectivity index (χ0v) is 8.86. The molecule has 3 nitrogen and oxygen atoms in total. The number of benzene rings is 1. The van der Waals surface area contributed by atoms with Gasteiger partial charge in [-0.3, -0.25) is 4.79 Å². The molecule has 0 unspecified atom stereocenters. The van der Waals surface area contributed by atoms with Crippen LogP contribution in [0.25, 0.3) is 0 Å². The molecule has 1 aliphatic rings. The van der Waals surface area contributed by atoms with Gasteiger partial charge < -0.3 is 10.4 Å². The molecule has 0 atom stereocenters. The van der Waals surface area contributed by atoms with Gasteiger partial charge in [0.15, 0.2) is 0 Å². The Morgan fingerprint density at radius 3 is 3.00 bits per heavy atom. The Labute approximate surface area is 94.5 Å². The van der Waals surface area contributed by atoms with Crippen LogP contribution in [-0.2, 0) is 0 Å². The molecular weight excluding hydrogens is 202 g/mol. The van der Waals surface area contributed by atoms with Gasteiger partial charge in [-0.25, -0.2) is 0 Å². The summed E-state index contributed by atoms with van der Waals surface area (Å²) in [5.41, 5.74) is 1.37. The molecule has 16 heavy (non-hydrogen) atoms. The highest BCUT2D eigenvalue weighted by molar-refractivity contribution is 5.94. The number of aliphatic hydroxyl groups excluding tert-OH is 1. The lowest BCUT2D eigenvalue weighted by Crippen LogP contribution is -2.25. The molecule has 0 bridgehead atoms. The van der Waals surface area contributed by atoms with Gasteiger partial charge in [-0.1, -0.05) is 17.9 Å². The fraction of sp³-hybridized carbons (Fsp3) is 0.308. The molecule has 1 saturated carbocycles. The first-order chi connectivity index (χ1) is 7.79. The molecule has 0 heterocycles. The van der Waals surface area contributed by atoms with Crippen LogP contribution in [0, 0.1) is 11.8 Å². The highest BCUT2D eigenvalue weighted by Crippen LogP contribution is 2.19. The van der Waals surface area contributed by atoms with E-state index in [1.165, 1.54) is 0 Å². The SMILES string of the molecule is O=C(NC1CC1)c1cccc(C#CCO)c1. The molecule has 1 aromatic rings. The van der Waals surface area contributed by atoms with E-state index >= 15 is 0 Å². The summed E-state index contributed by atoms with van der Waals surface area (Å²) in [4.78, 5) is 11.7. The van der Waals surface area contributed by atoms with E-state index in [9.17, 15) is 4.79 Å². The minimum absolute atomic E-state index is 0.0462. The molecule has 2 N–H and O–H groups in total. The summed E-state index contributed by atoms with van der Waals surface area (Å²) in [7, 11) is 0. The van der Waals surface area contributed by atoms with Gasteiger partial charge in [-0.05, 0) is 31.0 Å². The minimum Gasteiger partial charge on any atom is -0.384 e. The maximum Gasteiger partial charge on any atom is 0.251 e. The summed E-state index contributed by atoms with van der Waals surface area (Å²) in [6.07, 6.45) is 2.16. The first kappa shape index (κ1) is 10.7. The highest BCUT2D eigenvalue weighted by atomic mass is 16.2. The summed E-state index contributed by atoms with van der Waals surface area (Å²) in [6, 6.07) is 7.47. The summed E-state index contributed by atoms with van der Waals surface area (Å²) in [6.45, 7) is -0.168. The quantitative estimate of drug-likeness (QED) is 0.721. The van der Waals surface area contributed by atoms with E-state index in [1.54, 1.807) is 18.2 Å². The molecule has 1 fully saturated rings. The third-order valence-corrected chi connectivity index (χ3v) is 2.35. The molecule has 0 aromatic heterocycles. The van der Waals surface area contributed by atoms with E-state index in [0.717, 1.165) is 18.4 Å². The summed E-state index contributed by atoms with van der Waals surface area (Å²) < 4.78 is 0. The van der Waals surface area contributed by atoms with Gasteiger partial charge in [0.1, 0.15) is 6.61 Å². The first-order valence-corrected chi connectivity index (χ1v) is 5.30. The zero-order valence-electron chi connectivity index (χ0n) is 8.86. The number of rotatable bonds is 2. The van der Waals surface area contributed by atoms with Crippen LogP contribution in [0.3, 0.4) is 0 Å². The molecule has 0 radical (unpaired) electrons. The lowest BCUT2D eigenvalue weighted by molar-refractivity contribution is 0.0951. The average Bonchev–Trinajstić information content (AvgIpc) is 3.10. The van der Waals surface area contributed by atoms with Crippen LogP contribution in [0.2, 0.25) is 0 Å². The van der Waals surface area contributed by atoms with Crippen LogP contribution in [-0.4, -0.2) is 23.7 Å².